The zero-order valence-corrected chi connectivity index (χ0v) is 13.1. The van der Waals surface area contributed by atoms with E-state index in [0.29, 0.717) is 12.3 Å². The van der Waals surface area contributed by atoms with Gasteiger partial charge in [-0.2, -0.15) is 0 Å². The van der Waals surface area contributed by atoms with Gasteiger partial charge in [0, 0.05) is 6.42 Å². The lowest BCUT2D eigenvalue weighted by molar-refractivity contribution is -0.113. The van der Waals surface area contributed by atoms with Gasteiger partial charge in [0.1, 0.15) is 22.9 Å². The van der Waals surface area contributed by atoms with Crippen LogP contribution in [0.3, 0.4) is 0 Å². The summed E-state index contributed by atoms with van der Waals surface area (Å²) in [5, 5.41) is 2.42. The Morgan fingerprint density at radius 1 is 1.17 bits per heavy atom. The maximum atomic E-state index is 13.7. The van der Waals surface area contributed by atoms with E-state index in [9.17, 15) is 18.4 Å². The first-order valence-electron chi connectivity index (χ1n) is 8.10. The standard InChI is InChI=1S/C18H18F2N2O2/c19-12-6-3-7-13(20)16(12)18(24)22-14-8-9-21-17(14)15(23)10-11-4-1-2-5-11/h3,6-8,11H,1-2,4-5,9-10H2,(H,22,24). The van der Waals surface area contributed by atoms with Crippen molar-refractivity contribution in [1.29, 1.82) is 0 Å². The fraction of sp³-hybridized carbons (Fsp3) is 0.389. The van der Waals surface area contributed by atoms with E-state index in [1.54, 1.807) is 6.08 Å². The number of hydrogen-bond acceptors (Lipinski definition) is 3. The third-order valence-corrected chi connectivity index (χ3v) is 4.45. The minimum absolute atomic E-state index is 0.125. The lowest BCUT2D eigenvalue weighted by atomic mass is 9.98. The number of hydrogen-bond donors (Lipinski definition) is 1. The zero-order valence-electron chi connectivity index (χ0n) is 13.1. The number of benzene rings is 1. The maximum absolute atomic E-state index is 13.7. The van der Waals surface area contributed by atoms with Crippen molar-refractivity contribution in [2.24, 2.45) is 10.9 Å². The van der Waals surface area contributed by atoms with Crippen molar-refractivity contribution < 1.29 is 18.4 Å². The highest BCUT2D eigenvalue weighted by Gasteiger charge is 2.27. The second-order valence-electron chi connectivity index (χ2n) is 6.14. The molecule has 0 spiro atoms. The number of carbonyl (C=O) groups excluding carboxylic acids is 2. The summed E-state index contributed by atoms with van der Waals surface area (Å²) in [6, 6.07) is 3.22. The summed E-state index contributed by atoms with van der Waals surface area (Å²) in [7, 11) is 0. The van der Waals surface area contributed by atoms with E-state index in [-0.39, 0.29) is 23.7 Å². The molecule has 1 heterocycles. The molecule has 6 heteroatoms. The molecule has 0 bridgehead atoms. The molecular weight excluding hydrogens is 314 g/mol. The molecule has 1 saturated carbocycles. The number of amides is 1. The number of halogens is 2. The van der Waals surface area contributed by atoms with Gasteiger partial charge in [-0.25, -0.2) is 8.78 Å². The Kier molecular flexibility index (Phi) is 4.83. The molecule has 1 aliphatic heterocycles. The van der Waals surface area contributed by atoms with E-state index >= 15 is 0 Å². The summed E-state index contributed by atoms with van der Waals surface area (Å²) in [4.78, 5) is 28.7. The van der Waals surface area contributed by atoms with E-state index in [2.05, 4.69) is 10.3 Å². The van der Waals surface area contributed by atoms with Crippen LogP contribution in [-0.2, 0) is 4.79 Å². The fourth-order valence-corrected chi connectivity index (χ4v) is 3.23. The van der Waals surface area contributed by atoms with Crippen LogP contribution in [0.4, 0.5) is 8.78 Å². The molecule has 1 amide bonds. The number of Topliss-reactive ketones (excluding diaryl/α,β-unsaturated/α-hetero) is 1. The largest absolute Gasteiger partial charge is 0.320 e. The molecule has 4 nitrogen and oxygen atoms in total. The van der Waals surface area contributed by atoms with Crippen LogP contribution >= 0.6 is 0 Å². The first-order chi connectivity index (χ1) is 11.6. The number of carbonyl (C=O) groups is 2. The van der Waals surface area contributed by atoms with Crippen LogP contribution in [0.25, 0.3) is 0 Å². The fourth-order valence-electron chi connectivity index (χ4n) is 3.23. The highest BCUT2D eigenvalue weighted by Crippen LogP contribution is 2.28. The molecular formula is C18H18F2N2O2. The Labute approximate surface area is 138 Å². The molecule has 24 heavy (non-hydrogen) atoms. The minimum atomic E-state index is -0.943. The van der Waals surface area contributed by atoms with E-state index < -0.39 is 23.1 Å². The van der Waals surface area contributed by atoms with Crippen LogP contribution in [0, 0.1) is 17.6 Å². The average Bonchev–Trinajstić information content (AvgIpc) is 3.18. The van der Waals surface area contributed by atoms with Crippen molar-refractivity contribution in [3.8, 4) is 0 Å². The van der Waals surface area contributed by atoms with Crippen LogP contribution in [0.1, 0.15) is 42.5 Å². The number of aliphatic imine (C=N–C) groups is 1. The summed E-state index contributed by atoms with van der Waals surface area (Å²) in [6.07, 6.45) is 6.32. The van der Waals surface area contributed by atoms with Gasteiger partial charge in [0.25, 0.3) is 5.91 Å². The van der Waals surface area contributed by atoms with Gasteiger partial charge in [-0.15, -0.1) is 0 Å². The highest BCUT2D eigenvalue weighted by atomic mass is 19.1. The van der Waals surface area contributed by atoms with Crippen LogP contribution in [0.15, 0.2) is 35.0 Å². The van der Waals surface area contributed by atoms with Crippen LogP contribution in [0.5, 0.6) is 0 Å². The van der Waals surface area contributed by atoms with E-state index in [1.165, 1.54) is 6.07 Å². The smallest absolute Gasteiger partial charge is 0.261 e. The Morgan fingerprint density at radius 3 is 2.50 bits per heavy atom. The third-order valence-electron chi connectivity index (χ3n) is 4.45. The predicted octanol–water partition coefficient (Wildman–Crippen LogP) is 3.18. The molecule has 1 fully saturated rings. The SMILES string of the molecule is O=C(CC1CCCC1)C1=NCC=C1NC(=O)c1c(F)cccc1F. The molecule has 0 atom stereocenters. The second-order valence-corrected chi connectivity index (χ2v) is 6.14. The van der Waals surface area contributed by atoms with Crippen molar-refractivity contribution in [1.82, 2.24) is 5.32 Å². The molecule has 1 aromatic rings. The van der Waals surface area contributed by atoms with Gasteiger partial charge >= 0.3 is 0 Å². The molecule has 0 saturated heterocycles. The average molecular weight is 332 g/mol. The Hall–Kier alpha value is -2.37. The third kappa shape index (κ3) is 3.42. The Balaban J connectivity index is 1.69. The van der Waals surface area contributed by atoms with Gasteiger partial charge in [-0.1, -0.05) is 31.7 Å². The Morgan fingerprint density at radius 2 is 1.83 bits per heavy atom. The predicted molar refractivity (Wildman–Crippen MR) is 85.8 cm³/mol. The summed E-state index contributed by atoms with van der Waals surface area (Å²) in [5.41, 5.74) is -0.217. The Bertz CT molecular complexity index is 714. The zero-order chi connectivity index (χ0) is 17.1. The molecule has 126 valence electrons. The van der Waals surface area contributed by atoms with E-state index in [0.717, 1.165) is 37.8 Å². The van der Waals surface area contributed by atoms with Gasteiger partial charge < -0.3 is 5.32 Å². The molecule has 1 aromatic carbocycles. The number of nitrogens with one attached hydrogen (secondary N) is 1. The maximum Gasteiger partial charge on any atom is 0.261 e. The number of nitrogens with zero attached hydrogens (tertiary/aromatic N) is 1. The lowest BCUT2D eigenvalue weighted by Crippen LogP contribution is -2.31. The minimum Gasteiger partial charge on any atom is -0.320 e. The van der Waals surface area contributed by atoms with Gasteiger partial charge in [0.15, 0.2) is 5.78 Å². The topological polar surface area (TPSA) is 58.5 Å². The van der Waals surface area contributed by atoms with Crippen molar-refractivity contribution >= 4 is 17.4 Å². The molecule has 0 aromatic heterocycles. The second kappa shape index (κ2) is 7.03. The summed E-state index contributed by atoms with van der Waals surface area (Å²) in [5.74, 6) is -2.56. The number of allylic oxidation sites excluding steroid dienone is 1. The molecule has 0 radical (unpaired) electrons. The quantitative estimate of drug-likeness (QED) is 0.900. The van der Waals surface area contributed by atoms with Crippen LogP contribution in [-0.4, -0.2) is 23.9 Å². The number of rotatable bonds is 5. The van der Waals surface area contributed by atoms with E-state index in [1.807, 2.05) is 0 Å². The first kappa shape index (κ1) is 16.5. The van der Waals surface area contributed by atoms with Crippen molar-refractivity contribution in [3.63, 3.8) is 0 Å². The normalized spacial score (nSPS) is 17.6. The first-order valence-corrected chi connectivity index (χ1v) is 8.10. The molecule has 1 N–H and O–H groups in total. The van der Waals surface area contributed by atoms with Gasteiger partial charge in [-0.05, 0) is 24.1 Å². The molecule has 2 aliphatic rings. The molecule has 3 rings (SSSR count). The lowest BCUT2D eigenvalue weighted by Gasteiger charge is -2.12. The van der Waals surface area contributed by atoms with Gasteiger partial charge in [-0.3, -0.25) is 14.6 Å². The highest BCUT2D eigenvalue weighted by molar-refractivity contribution is 6.47. The summed E-state index contributed by atoms with van der Waals surface area (Å²) < 4.78 is 27.4. The van der Waals surface area contributed by atoms with Crippen LogP contribution in [0.2, 0.25) is 0 Å². The molecule has 1 aliphatic carbocycles. The van der Waals surface area contributed by atoms with Gasteiger partial charge in [0.2, 0.25) is 0 Å². The summed E-state index contributed by atoms with van der Waals surface area (Å²) >= 11 is 0. The van der Waals surface area contributed by atoms with Crippen LogP contribution < -0.4 is 5.32 Å². The number of ketones is 1. The van der Waals surface area contributed by atoms with Gasteiger partial charge in [0.05, 0.1) is 12.2 Å². The summed E-state index contributed by atoms with van der Waals surface area (Å²) in [6.45, 7) is 0.279. The molecule has 0 unspecified atom stereocenters. The monoisotopic (exact) mass is 332 g/mol. The van der Waals surface area contributed by atoms with Crippen molar-refractivity contribution in [2.45, 2.75) is 32.1 Å². The van der Waals surface area contributed by atoms with Crippen molar-refractivity contribution in [2.75, 3.05) is 6.54 Å². The van der Waals surface area contributed by atoms with E-state index in [4.69, 9.17) is 0 Å². The van der Waals surface area contributed by atoms with Crippen molar-refractivity contribution in [3.05, 3.63) is 47.2 Å².